The lowest BCUT2D eigenvalue weighted by Crippen LogP contribution is -2.36. The number of hydrogen-bond acceptors (Lipinski definition) is 5. The molecule has 0 saturated heterocycles. The molecule has 4 rings (SSSR count). The fraction of sp³-hybridized carbons (Fsp3) is 0.182. The van der Waals surface area contributed by atoms with E-state index < -0.39 is 28.0 Å². The van der Waals surface area contributed by atoms with Crippen molar-refractivity contribution >= 4 is 32.7 Å². The minimum atomic E-state index is -3.89. The van der Waals surface area contributed by atoms with Crippen molar-refractivity contribution in [2.45, 2.75) is 25.2 Å². The Morgan fingerprint density at radius 2 is 1.69 bits per heavy atom. The van der Waals surface area contributed by atoms with Crippen LogP contribution in [0.3, 0.4) is 0 Å². The van der Waals surface area contributed by atoms with Crippen molar-refractivity contribution in [3.05, 3.63) is 82.9 Å². The Bertz CT molecular complexity index is 1220. The van der Waals surface area contributed by atoms with Crippen LogP contribution in [-0.4, -0.2) is 20.2 Å². The number of rotatable bonds is 6. The molecule has 6 nitrogen and oxygen atoms in total. The Balaban J connectivity index is 1.76. The van der Waals surface area contributed by atoms with E-state index in [-0.39, 0.29) is 5.75 Å². The molecule has 3 aromatic carbocycles. The van der Waals surface area contributed by atoms with Crippen molar-refractivity contribution in [2.75, 3.05) is 0 Å². The van der Waals surface area contributed by atoms with Gasteiger partial charge in [-0.15, -0.1) is 0 Å². The highest BCUT2D eigenvalue weighted by molar-refractivity contribution is 7.85. The lowest BCUT2D eigenvalue weighted by atomic mass is 9.89. The third kappa shape index (κ3) is 3.66. The van der Waals surface area contributed by atoms with Crippen molar-refractivity contribution in [3.8, 4) is 0 Å². The van der Waals surface area contributed by atoms with E-state index in [1.165, 1.54) is 0 Å². The predicted octanol–water partition coefficient (Wildman–Crippen LogP) is 3.72. The summed E-state index contributed by atoms with van der Waals surface area (Å²) < 4.78 is 30.8. The van der Waals surface area contributed by atoms with Gasteiger partial charge in [0.15, 0.2) is 0 Å². The van der Waals surface area contributed by atoms with Crippen LogP contribution in [-0.2, 0) is 20.1 Å². The third-order valence-electron chi connectivity index (χ3n) is 4.94. The second-order valence-electron chi connectivity index (χ2n) is 6.90. The van der Waals surface area contributed by atoms with Crippen LogP contribution in [0.1, 0.15) is 51.3 Å². The van der Waals surface area contributed by atoms with E-state index >= 15 is 0 Å². The highest BCUT2D eigenvalue weighted by Gasteiger charge is 2.31. The summed E-state index contributed by atoms with van der Waals surface area (Å²) in [4.78, 5) is 24.8. The smallest absolute Gasteiger partial charge is 0.272 e. The first kappa shape index (κ1) is 19.3. The van der Waals surface area contributed by atoms with Crippen molar-refractivity contribution in [3.63, 3.8) is 0 Å². The summed E-state index contributed by atoms with van der Waals surface area (Å²) in [5.74, 6) is -1.27. The van der Waals surface area contributed by atoms with E-state index in [1.54, 1.807) is 55.5 Å². The Morgan fingerprint density at radius 1 is 0.931 bits per heavy atom. The quantitative estimate of drug-likeness (QED) is 0.495. The SMILES string of the molecule is CCC(OS(=O)(=O)Cc1ccccc1)c1ccc2cccc3c2c1C(=O)NC3=O. The van der Waals surface area contributed by atoms with E-state index in [1.807, 2.05) is 12.1 Å². The summed E-state index contributed by atoms with van der Waals surface area (Å²) in [6, 6.07) is 17.4. The van der Waals surface area contributed by atoms with Crippen LogP contribution in [0.2, 0.25) is 0 Å². The number of benzene rings is 3. The second kappa shape index (κ2) is 7.42. The van der Waals surface area contributed by atoms with Gasteiger partial charge < -0.3 is 0 Å². The Hall–Kier alpha value is -3.03. The van der Waals surface area contributed by atoms with E-state index in [9.17, 15) is 18.0 Å². The Morgan fingerprint density at radius 3 is 2.41 bits per heavy atom. The highest BCUT2D eigenvalue weighted by Crippen LogP contribution is 2.35. The van der Waals surface area contributed by atoms with Gasteiger partial charge in [0.2, 0.25) is 0 Å². The van der Waals surface area contributed by atoms with Crippen molar-refractivity contribution in [1.82, 2.24) is 5.32 Å². The van der Waals surface area contributed by atoms with Gasteiger partial charge in [0.05, 0.1) is 5.56 Å². The van der Waals surface area contributed by atoms with E-state index in [0.717, 1.165) is 5.39 Å². The van der Waals surface area contributed by atoms with Gasteiger partial charge in [-0.2, -0.15) is 8.42 Å². The fourth-order valence-electron chi connectivity index (χ4n) is 3.66. The van der Waals surface area contributed by atoms with Gasteiger partial charge in [0, 0.05) is 10.9 Å². The van der Waals surface area contributed by atoms with Gasteiger partial charge in [-0.25, -0.2) is 0 Å². The molecule has 0 fully saturated rings. The maximum atomic E-state index is 12.6. The van der Waals surface area contributed by atoms with Crippen molar-refractivity contribution < 1.29 is 22.2 Å². The monoisotopic (exact) mass is 409 g/mol. The Kier molecular flexibility index (Phi) is 4.94. The predicted molar refractivity (Wildman–Crippen MR) is 109 cm³/mol. The standard InChI is InChI=1S/C22H19NO5S/c1-2-18(28-29(26,27)13-14-7-4-3-5-8-14)16-12-11-15-9-6-10-17-19(15)20(16)22(25)23-21(17)24/h3-12,18H,2,13H2,1H3,(H,23,24,25). The molecule has 29 heavy (non-hydrogen) atoms. The summed E-state index contributed by atoms with van der Waals surface area (Å²) in [6.07, 6.45) is -0.495. The van der Waals surface area contributed by atoms with Crippen molar-refractivity contribution in [1.29, 1.82) is 0 Å². The molecule has 0 spiro atoms. The third-order valence-corrected chi connectivity index (χ3v) is 6.16. The van der Waals surface area contributed by atoms with Crippen LogP contribution in [0.5, 0.6) is 0 Å². The van der Waals surface area contributed by atoms with Gasteiger partial charge in [0.25, 0.3) is 21.9 Å². The summed E-state index contributed by atoms with van der Waals surface area (Å²) in [7, 11) is -3.89. The molecule has 1 aliphatic heterocycles. The number of carbonyl (C=O) groups excluding carboxylic acids is 2. The van der Waals surface area contributed by atoms with Crippen LogP contribution >= 0.6 is 0 Å². The molecule has 1 aliphatic rings. The summed E-state index contributed by atoms with van der Waals surface area (Å²) in [5, 5.41) is 3.61. The van der Waals surface area contributed by atoms with Gasteiger partial charge in [-0.3, -0.25) is 19.1 Å². The first-order chi connectivity index (χ1) is 13.9. The van der Waals surface area contributed by atoms with Crippen molar-refractivity contribution in [2.24, 2.45) is 0 Å². The van der Waals surface area contributed by atoms with Crippen LogP contribution in [0.4, 0.5) is 0 Å². The lowest BCUT2D eigenvalue weighted by Gasteiger charge is -2.24. The van der Waals surface area contributed by atoms with Crippen LogP contribution < -0.4 is 5.32 Å². The number of nitrogens with one attached hydrogen (secondary N) is 1. The lowest BCUT2D eigenvalue weighted by molar-refractivity contribution is 0.0841. The number of imide groups is 1. The molecule has 148 valence electrons. The highest BCUT2D eigenvalue weighted by atomic mass is 32.2. The first-order valence-electron chi connectivity index (χ1n) is 9.26. The minimum Gasteiger partial charge on any atom is -0.288 e. The number of carbonyl (C=O) groups is 2. The van der Waals surface area contributed by atoms with Gasteiger partial charge in [-0.05, 0) is 29.0 Å². The molecule has 1 heterocycles. The van der Waals surface area contributed by atoms with E-state index in [4.69, 9.17) is 4.18 Å². The normalized spacial score (nSPS) is 14.7. The van der Waals surface area contributed by atoms with Crippen LogP contribution in [0, 0.1) is 0 Å². The zero-order chi connectivity index (χ0) is 20.6. The van der Waals surface area contributed by atoms with E-state index in [0.29, 0.717) is 34.1 Å². The molecular formula is C22H19NO5S. The fourth-order valence-corrected chi connectivity index (χ4v) is 4.92. The molecule has 0 aromatic heterocycles. The topological polar surface area (TPSA) is 89.5 Å². The molecule has 7 heteroatoms. The molecule has 0 radical (unpaired) electrons. The summed E-state index contributed by atoms with van der Waals surface area (Å²) in [5.41, 5.74) is 1.75. The molecule has 3 aromatic rings. The molecule has 1 atom stereocenters. The molecule has 0 saturated carbocycles. The summed E-state index contributed by atoms with van der Waals surface area (Å²) >= 11 is 0. The average molecular weight is 409 g/mol. The van der Waals surface area contributed by atoms with Crippen LogP contribution in [0.25, 0.3) is 10.8 Å². The minimum absolute atomic E-state index is 0.261. The molecule has 1 unspecified atom stereocenters. The van der Waals surface area contributed by atoms with E-state index in [2.05, 4.69) is 5.32 Å². The molecule has 0 bridgehead atoms. The van der Waals surface area contributed by atoms with Crippen LogP contribution in [0.15, 0.2) is 60.7 Å². The maximum absolute atomic E-state index is 12.6. The molecule has 1 N–H and O–H groups in total. The first-order valence-corrected chi connectivity index (χ1v) is 10.8. The molecule has 0 aliphatic carbocycles. The molecule has 2 amide bonds. The second-order valence-corrected chi connectivity index (χ2v) is 8.49. The number of amides is 2. The van der Waals surface area contributed by atoms with Gasteiger partial charge >= 0.3 is 0 Å². The Labute approximate surface area is 168 Å². The largest absolute Gasteiger partial charge is 0.288 e. The number of hydrogen-bond donors (Lipinski definition) is 1. The summed E-state index contributed by atoms with van der Waals surface area (Å²) in [6.45, 7) is 1.79. The molecular weight excluding hydrogens is 390 g/mol. The average Bonchev–Trinajstić information content (AvgIpc) is 2.70. The zero-order valence-corrected chi connectivity index (χ0v) is 16.5. The van der Waals surface area contributed by atoms with Gasteiger partial charge in [0.1, 0.15) is 11.9 Å². The maximum Gasteiger partial charge on any atom is 0.272 e. The zero-order valence-electron chi connectivity index (χ0n) is 15.7. The van der Waals surface area contributed by atoms with Gasteiger partial charge in [-0.1, -0.05) is 61.5 Å².